The van der Waals surface area contributed by atoms with E-state index in [2.05, 4.69) is 21.2 Å². The van der Waals surface area contributed by atoms with E-state index in [1.165, 1.54) is 31.5 Å². The number of methoxy groups -OCH3 is 1. The second-order valence-corrected chi connectivity index (χ2v) is 9.14. The molecule has 0 aromatic heterocycles. The Labute approximate surface area is 234 Å². The van der Waals surface area contributed by atoms with Crippen LogP contribution in [0.4, 0.5) is 15.8 Å². The quantitative estimate of drug-likeness (QED) is 0.138. The van der Waals surface area contributed by atoms with Crippen LogP contribution >= 0.6 is 45.8 Å². The summed E-state index contributed by atoms with van der Waals surface area (Å²) >= 11 is 13.8. The molecule has 0 bridgehead atoms. The highest BCUT2D eigenvalue weighted by Crippen LogP contribution is 2.33. The lowest BCUT2D eigenvalue weighted by Gasteiger charge is -2.13. The number of hydrazone groups is 1. The second-order valence-electron chi connectivity index (χ2n) is 7.16. The summed E-state index contributed by atoms with van der Waals surface area (Å²) in [6.45, 7) is -0.306. The first-order valence-corrected chi connectivity index (χ1v) is 12.1. The minimum absolute atomic E-state index is 0.256. The third kappa shape index (κ3) is 8.30. The molecular formula is C24H18Cl2FIN4O5. The van der Waals surface area contributed by atoms with Gasteiger partial charge in [-0.05, 0) is 82.8 Å². The van der Waals surface area contributed by atoms with Gasteiger partial charge in [-0.25, -0.2) is 9.82 Å². The Morgan fingerprint density at radius 1 is 0.973 bits per heavy atom. The summed E-state index contributed by atoms with van der Waals surface area (Å²) in [5, 5.41) is 9.42. The molecule has 37 heavy (non-hydrogen) atoms. The van der Waals surface area contributed by atoms with Crippen molar-refractivity contribution in [1.82, 2.24) is 5.43 Å². The first-order chi connectivity index (χ1) is 17.7. The average Bonchev–Trinajstić information content (AvgIpc) is 2.86. The first kappa shape index (κ1) is 28.2. The summed E-state index contributed by atoms with van der Waals surface area (Å²) in [6.07, 6.45) is 1.30. The van der Waals surface area contributed by atoms with Crippen molar-refractivity contribution in [2.24, 2.45) is 5.10 Å². The summed E-state index contributed by atoms with van der Waals surface area (Å²) in [5.41, 5.74) is 3.34. The number of carbonyl (C=O) groups excluding carboxylic acids is 3. The van der Waals surface area contributed by atoms with Gasteiger partial charge >= 0.3 is 11.8 Å². The molecule has 9 nitrogen and oxygen atoms in total. The monoisotopic (exact) mass is 658 g/mol. The van der Waals surface area contributed by atoms with Gasteiger partial charge in [-0.2, -0.15) is 5.10 Å². The molecule has 0 saturated heterocycles. The molecule has 0 aliphatic rings. The van der Waals surface area contributed by atoms with Crippen molar-refractivity contribution in [3.63, 3.8) is 0 Å². The number of hydrogen-bond donors (Lipinski definition) is 3. The van der Waals surface area contributed by atoms with Crippen molar-refractivity contribution >= 4 is 81.1 Å². The van der Waals surface area contributed by atoms with Crippen LogP contribution < -0.4 is 25.5 Å². The van der Waals surface area contributed by atoms with Crippen LogP contribution in [0.2, 0.25) is 10.0 Å². The van der Waals surface area contributed by atoms with Crippen molar-refractivity contribution in [2.75, 3.05) is 24.4 Å². The van der Waals surface area contributed by atoms with Gasteiger partial charge in [0.15, 0.2) is 18.1 Å². The van der Waals surface area contributed by atoms with Gasteiger partial charge in [0.25, 0.3) is 5.91 Å². The summed E-state index contributed by atoms with van der Waals surface area (Å²) < 4.78 is 24.5. The molecule has 0 fully saturated rings. The highest BCUT2D eigenvalue weighted by atomic mass is 127. The third-order valence-electron chi connectivity index (χ3n) is 4.49. The summed E-state index contributed by atoms with van der Waals surface area (Å²) in [7, 11) is 1.43. The molecule has 0 saturated carbocycles. The maximum Gasteiger partial charge on any atom is 0.329 e. The van der Waals surface area contributed by atoms with Gasteiger partial charge in [0.1, 0.15) is 5.82 Å². The van der Waals surface area contributed by atoms with Crippen LogP contribution in [0.25, 0.3) is 0 Å². The smallest absolute Gasteiger partial charge is 0.329 e. The molecule has 3 aromatic carbocycles. The molecule has 0 aliphatic heterocycles. The van der Waals surface area contributed by atoms with E-state index in [4.69, 9.17) is 32.7 Å². The van der Waals surface area contributed by atoms with Gasteiger partial charge < -0.3 is 20.1 Å². The van der Waals surface area contributed by atoms with Crippen LogP contribution in [0.5, 0.6) is 11.5 Å². The van der Waals surface area contributed by atoms with Gasteiger partial charge in [0.2, 0.25) is 0 Å². The number of rotatable bonds is 8. The Bertz CT molecular complexity index is 1360. The first-order valence-electron chi connectivity index (χ1n) is 10.3. The van der Waals surface area contributed by atoms with Gasteiger partial charge in [0.05, 0.1) is 26.9 Å². The largest absolute Gasteiger partial charge is 0.493 e. The number of nitrogens with one attached hydrogen (secondary N) is 3. The number of nitrogens with zero attached hydrogens (tertiary/aromatic N) is 1. The zero-order chi connectivity index (χ0) is 26.9. The molecule has 3 aromatic rings. The number of hydrogen-bond acceptors (Lipinski definition) is 6. The van der Waals surface area contributed by atoms with Crippen molar-refractivity contribution in [3.05, 3.63) is 79.6 Å². The molecule has 3 N–H and O–H groups in total. The van der Waals surface area contributed by atoms with Gasteiger partial charge in [-0.3, -0.25) is 14.4 Å². The number of ether oxygens (including phenoxy) is 2. The SMILES string of the molecule is COc1cc(/C=N\NC(=O)C(=O)Nc2ccc(F)cc2)cc(I)c1OCC(=O)Nc1ccc(Cl)c(Cl)c1. The van der Waals surface area contributed by atoms with E-state index in [1.807, 2.05) is 22.6 Å². The lowest BCUT2D eigenvalue weighted by atomic mass is 10.2. The molecule has 0 atom stereocenters. The van der Waals surface area contributed by atoms with Gasteiger partial charge in [-0.15, -0.1) is 0 Å². The Hall–Kier alpha value is -3.42. The summed E-state index contributed by atoms with van der Waals surface area (Å²) in [6, 6.07) is 12.9. The van der Waals surface area contributed by atoms with Crippen LogP contribution in [-0.4, -0.2) is 37.7 Å². The highest BCUT2D eigenvalue weighted by molar-refractivity contribution is 14.1. The van der Waals surface area contributed by atoms with Gasteiger partial charge in [0, 0.05) is 11.4 Å². The summed E-state index contributed by atoms with van der Waals surface area (Å²) in [4.78, 5) is 36.2. The van der Waals surface area contributed by atoms with E-state index >= 15 is 0 Å². The van der Waals surface area contributed by atoms with E-state index in [1.54, 1.807) is 24.3 Å². The number of anilines is 2. The molecule has 3 rings (SSSR count). The Kier molecular flexibility index (Phi) is 10.1. The van der Waals surface area contributed by atoms with E-state index in [-0.39, 0.29) is 12.3 Å². The second kappa shape index (κ2) is 13.2. The average molecular weight is 659 g/mol. The molecule has 0 spiro atoms. The predicted molar refractivity (Wildman–Crippen MR) is 147 cm³/mol. The Morgan fingerprint density at radius 3 is 2.35 bits per heavy atom. The standard InChI is InChI=1S/C24H18Cl2FIN4O5/c1-36-20-9-13(11-29-32-24(35)23(34)31-15-4-2-14(27)3-5-15)8-19(28)22(20)37-12-21(33)30-16-6-7-17(25)18(26)10-16/h2-11H,12H2,1H3,(H,30,33)(H,31,34)(H,32,35)/b29-11-. The molecule has 0 unspecified atom stereocenters. The van der Waals surface area contributed by atoms with Crippen LogP contribution in [0.15, 0.2) is 59.7 Å². The van der Waals surface area contributed by atoms with Crippen LogP contribution in [0, 0.1) is 9.39 Å². The number of carbonyl (C=O) groups is 3. The van der Waals surface area contributed by atoms with E-state index in [0.717, 1.165) is 12.1 Å². The van der Waals surface area contributed by atoms with Crippen molar-refractivity contribution in [1.29, 1.82) is 0 Å². The molecule has 0 aliphatic carbocycles. The van der Waals surface area contributed by atoms with E-state index in [0.29, 0.717) is 36.4 Å². The Morgan fingerprint density at radius 2 is 1.68 bits per heavy atom. The maximum atomic E-state index is 12.9. The van der Waals surface area contributed by atoms with Crippen LogP contribution in [-0.2, 0) is 14.4 Å². The molecule has 3 amide bonds. The lowest BCUT2D eigenvalue weighted by molar-refractivity contribution is -0.136. The molecule has 0 heterocycles. The van der Waals surface area contributed by atoms with E-state index < -0.39 is 23.5 Å². The normalized spacial score (nSPS) is 10.6. The highest BCUT2D eigenvalue weighted by Gasteiger charge is 2.15. The van der Waals surface area contributed by atoms with Gasteiger partial charge in [-0.1, -0.05) is 23.2 Å². The Balaban J connectivity index is 1.58. The third-order valence-corrected chi connectivity index (χ3v) is 6.03. The maximum absolute atomic E-state index is 12.9. The molecular weight excluding hydrogens is 641 g/mol. The topological polar surface area (TPSA) is 118 Å². The number of benzene rings is 3. The lowest BCUT2D eigenvalue weighted by Crippen LogP contribution is -2.32. The minimum Gasteiger partial charge on any atom is -0.493 e. The van der Waals surface area contributed by atoms with E-state index in [9.17, 15) is 18.8 Å². The zero-order valence-corrected chi connectivity index (χ0v) is 22.7. The molecule has 13 heteroatoms. The predicted octanol–water partition coefficient (Wildman–Crippen LogP) is 4.85. The minimum atomic E-state index is -1.02. The fraction of sp³-hybridized carbons (Fsp3) is 0.0833. The van der Waals surface area contributed by atoms with Crippen LogP contribution in [0.1, 0.15) is 5.56 Å². The molecule has 0 radical (unpaired) electrons. The molecule has 192 valence electrons. The van der Waals surface area contributed by atoms with Crippen molar-refractivity contribution in [3.8, 4) is 11.5 Å². The van der Waals surface area contributed by atoms with Crippen molar-refractivity contribution in [2.45, 2.75) is 0 Å². The van der Waals surface area contributed by atoms with Crippen molar-refractivity contribution < 1.29 is 28.2 Å². The fourth-order valence-corrected chi connectivity index (χ4v) is 3.88. The number of halogens is 4. The fourth-order valence-electron chi connectivity index (χ4n) is 2.80. The summed E-state index contributed by atoms with van der Waals surface area (Å²) in [5.74, 6) is -2.25. The number of amides is 3. The zero-order valence-electron chi connectivity index (χ0n) is 19.0. The van der Waals surface area contributed by atoms with Crippen LogP contribution in [0.3, 0.4) is 0 Å².